The maximum absolute atomic E-state index is 5.62. The van der Waals surface area contributed by atoms with Crippen molar-refractivity contribution in [2.45, 2.75) is 59.4 Å². The lowest BCUT2D eigenvalue weighted by molar-refractivity contribution is 0.458. The van der Waals surface area contributed by atoms with E-state index in [-0.39, 0.29) is 0 Å². The van der Waals surface area contributed by atoms with Crippen LogP contribution in [0.2, 0.25) is 0 Å². The van der Waals surface area contributed by atoms with Crippen molar-refractivity contribution < 1.29 is 4.42 Å². The van der Waals surface area contributed by atoms with Crippen LogP contribution in [-0.4, -0.2) is 6.54 Å². The Labute approximate surface area is 99.4 Å². The topological polar surface area (TPSA) is 25.2 Å². The highest BCUT2D eigenvalue weighted by atomic mass is 16.3. The lowest BCUT2D eigenvalue weighted by atomic mass is 10.0. The number of rotatable bonds is 7. The van der Waals surface area contributed by atoms with E-state index in [0.29, 0.717) is 6.04 Å². The molecule has 1 heterocycles. The Bertz CT molecular complexity index is 296. The van der Waals surface area contributed by atoms with Crippen LogP contribution >= 0.6 is 0 Å². The summed E-state index contributed by atoms with van der Waals surface area (Å²) in [7, 11) is 0. The van der Waals surface area contributed by atoms with Crippen LogP contribution in [0.4, 0.5) is 0 Å². The van der Waals surface area contributed by atoms with E-state index in [9.17, 15) is 0 Å². The van der Waals surface area contributed by atoms with Crippen molar-refractivity contribution in [2.24, 2.45) is 0 Å². The lowest BCUT2D eigenvalue weighted by Crippen LogP contribution is -2.22. The predicted octanol–water partition coefficient (Wildman–Crippen LogP) is 4.13. The smallest absolute Gasteiger partial charge is 0.105 e. The van der Waals surface area contributed by atoms with E-state index in [0.717, 1.165) is 18.1 Å². The summed E-state index contributed by atoms with van der Waals surface area (Å²) in [5, 5.41) is 3.61. The zero-order valence-corrected chi connectivity index (χ0v) is 11.1. The lowest BCUT2D eigenvalue weighted by Gasteiger charge is -2.17. The van der Waals surface area contributed by atoms with Crippen LogP contribution in [-0.2, 0) is 0 Å². The molecule has 0 aliphatic carbocycles. The third kappa shape index (κ3) is 3.67. The summed E-state index contributed by atoms with van der Waals surface area (Å²) < 4.78 is 5.62. The summed E-state index contributed by atoms with van der Waals surface area (Å²) in [4.78, 5) is 0. The van der Waals surface area contributed by atoms with Gasteiger partial charge in [0.1, 0.15) is 11.5 Å². The Hall–Kier alpha value is -0.760. The van der Waals surface area contributed by atoms with Gasteiger partial charge in [-0.1, -0.05) is 26.7 Å². The van der Waals surface area contributed by atoms with Gasteiger partial charge in [-0.25, -0.2) is 0 Å². The van der Waals surface area contributed by atoms with Gasteiger partial charge in [0.25, 0.3) is 0 Å². The van der Waals surface area contributed by atoms with Crippen molar-refractivity contribution in [3.63, 3.8) is 0 Å². The summed E-state index contributed by atoms with van der Waals surface area (Å²) >= 11 is 0. The molecule has 0 amide bonds. The first-order chi connectivity index (χ1) is 7.69. The molecule has 0 aliphatic rings. The molecule has 16 heavy (non-hydrogen) atoms. The highest BCUT2D eigenvalue weighted by Crippen LogP contribution is 2.25. The fourth-order valence-corrected chi connectivity index (χ4v) is 2.09. The molecule has 2 heteroatoms. The molecule has 0 radical (unpaired) electrons. The zero-order valence-electron chi connectivity index (χ0n) is 11.1. The van der Waals surface area contributed by atoms with Crippen molar-refractivity contribution in [1.29, 1.82) is 0 Å². The SMILES string of the molecule is CCCCC(NCCC)c1cc(C)oc1C. The number of unbranched alkanes of at least 4 members (excludes halogenated alkanes) is 1. The largest absolute Gasteiger partial charge is 0.466 e. The summed E-state index contributed by atoms with van der Waals surface area (Å²) in [6.45, 7) is 9.61. The monoisotopic (exact) mass is 223 g/mol. The highest BCUT2D eigenvalue weighted by molar-refractivity contribution is 5.24. The number of furan rings is 1. The van der Waals surface area contributed by atoms with Gasteiger partial charge in [-0.3, -0.25) is 0 Å². The van der Waals surface area contributed by atoms with E-state index >= 15 is 0 Å². The summed E-state index contributed by atoms with van der Waals surface area (Å²) in [5.41, 5.74) is 1.35. The molecule has 1 aromatic heterocycles. The van der Waals surface area contributed by atoms with Crippen molar-refractivity contribution in [3.8, 4) is 0 Å². The van der Waals surface area contributed by atoms with E-state index < -0.39 is 0 Å². The van der Waals surface area contributed by atoms with Crippen molar-refractivity contribution in [1.82, 2.24) is 5.32 Å². The van der Waals surface area contributed by atoms with Crippen LogP contribution in [0.15, 0.2) is 10.5 Å². The maximum atomic E-state index is 5.62. The fraction of sp³-hybridized carbons (Fsp3) is 0.714. The number of nitrogens with one attached hydrogen (secondary N) is 1. The third-order valence-corrected chi connectivity index (χ3v) is 2.94. The number of hydrogen-bond donors (Lipinski definition) is 1. The third-order valence-electron chi connectivity index (χ3n) is 2.94. The molecule has 1 aromatic rings. The fourth-order valence-electron chi connectivity index (χ4n) is 2.09. The van der Waals surface area contributed by atoms with Crippen LogP contribution < -0.4 is 5.32 Å². The minimum Gasteiger partial charge on any atom is -0.466 e. The van der Waals surface area contributed by atoms with E-state index in [1.807, 2.05) is 6.92 Å². The standard InChI is InChI=1S/C14H25NO/c1-5-7-8-14(15-9-6-2)13-10-11(3)16-12(13)4/h10,14-15H,5-9H2,1-4H3. The van der Waals surface area contributed by atoms with Crippen LogP contribution in [0.1, 0.15) is 62.7 Å². The van der Waals surface area contributed by atoms with E-state index in [4.69, 9.17) is 4.42 Å². The molecule has 0 saturated carbocycles. The van der Waals surface area contributed by atoms with Gasteiger partial charge < -0.3 is 9.73 Å². The zero-order chi connectivity index (χ0) is 12.0. The first-order valence-corrected chi connectivity index (χ1v) is 6.49. The van der Waals surface area contributed by atoms with E-state index in [1.54, 1.807) is 0 Å². The molecule has 1 atom stereocenters. The highest BCUT2D eigenvalue weighted by Gasteiger charge is 2.15. The second kappa shape index (κ2) is 6.74. The Kier molecular flexibility index (Phi) is 5.61. The molecule has 0 fully saturated rings. The number of hydrogen-bond acceptors (Lipinski definition) is 2. The van der Waals surface area contributed by atoms with Crippen molar-refractivity contribution in [3.05, 3.63) is 23.2 Å². The van der Waals surface area contributed by atoms with Gasteiger partial charge in [0.2, 0.25) is 0 Å². The predicted molar refractivity (Wildman–Crippen MR) is 68.7 cm³/mol. The molecular weight excluding hydrogens is 198 g/mol. The van der Waals surface area contributed by atoms with Gasteiger partial charge >= 0.3 is 0 Å². The molecule has 0 aliphatic heterocycles. The van der Waals surface area contributed by atoms with Crippen LogP contribution in [0.3, 0.4) is 0 Å². The van der Waals surface area contributed by atoms with Crippen LogP contribution in [0.5, 0.6) is 0 Å². The van der Waals surface area contributed by atoms with Gasteiger partial charge in [0.05, 0.1) is 0 Å². The average Bonchev–Trinajstić information content (AvgIpc) is 2.58. The molecule has 1 unspecified atom stereocenters. The quantitative estimate of drug-likeness (QED) is 0.752. The molecule has 0 aromatic carbocycles. The van der Waals surface area contributed by atoms with Gasteiger partial charge in [0.15, 0.2) is 0 Å². The molecule has 2 nitrogen and oxygen atoms in total. The molecule has 0 bridgehead atoms. The van der Waals surface area contributed by atoms with Crippen LogP contribution in [0.25, 0.3) is 0 Å². The summed E-state index contributed by atoms with van der Waals surface area (Å²) in [6.07, 6.45) is 4.90. The Morgan fingerprint density at radius 2 is 2.00 bits per heavy atom. The summed E-state index contributed by atoms with van der Waals surface area (Å²) in [6, 6.07) is 2.65. The molecule has 92 valence electrons. The second-order valence-electron chi connectivity index (χ2n) is 4.52. The second-order valence-corrected chi connectivity index (χ2v) is 4.52. The summed E-state index contributed by atoms with van der Waals surface area (Å²) in [5.74, 6) is 2.09. The van der Waals surface area contributed by atoms with Crippen molar-refractivity contribution in [2.75, 3.05) is 6.54 Å². The van der Waals surface area contributed by atoms with Crippen LogP contribution in [0, 0.1) is 13.8 Å². The van der Waals surface area contributed by atoms with E-state index in [2.05, 4.69) is 32.2 Å². The van der Waals surface area contributed by atoms with Gasteiger partial charge in [-0.2, -0.15) is 0 Å². The van der Waals surface area contributed by atoms with Gasteiger partial charge in [-0.05, 0) is 39.3 Å². The minimum atomic E-state index is 0.470. The van der Waals surface area contributed by atoms with Gasteiger partial charge in [0, 0.05) is 11.6 Å². The molecule has 1 N–H and O–H groups in total. The molecule has 1 rings (SSSR count). The Balaban J connectivity index is 2.70. The van der Waals surface area contributed by atoms with E-state index in [1.165, 1.54) is 31.2 Å². The first kappa shape index (κ1) is 13.3. The first-order valence-electron chi connectivity index (χ1n) is 6.49. The molecule has 0 saturated heterocycles. The molecule has 0 spiro atoms. The van der Waals surface area contributed by atoms with Gasteiger partial charge in [-0.15, -0.1) is 0 Å². The average molecular weight is 223 g/mol. The number of aryl methyl sites for hydroxylation is 2. The maximum Gasteiger partial charge on any atom is 0.105 e. The Morgan fingerprint density at radius 1 is 1.25 bits per heavy atom. The normalized spacial score (nSPS) is 13.0. The molecular formula is C14H25NO. The Morgan fingerprint density at radius 3 is 2.50 bits per heavy atom. The minimum absolute atomic E-state index is 0.470. The van der Waals surface area contributed by atoms with Crippen molar-refractivity contribution >= 4 is 0 Å².